The van der Waals surface area contributed by atoms with Crippen molar-refractivity contribution < 1.29 is 22.7 Å². The van der Waals surface area contributed by atoms with Crippen LogP contribution in [0.25, 0.3) is 0 Å². The van der Waals surface area contributed by atoms with Gasteiger partial charge in [0.2, 0.25) is 5.91 Å². The average molecular weight is 397 g/mol. The van der Waals surface area contributed by atoms with Crippen molar-refractivity contribution in [2.75, 3.05) is 39.4 Å². The Morgan fingerprint density at radius 1 is 1.18 bits per heavy atom. The first kappa shape index (κ1) is 19.7. The van der Waals surface area contributed by atoms with Crippen LogP contribution in [0.15, 0.2) is 24.3 Å². The number of rotatable bonds is 3. The highest BCUT2D eigenvalue weighted by molar-refractivity contribution is 5.79. The number of halogens is 3. The van der Waals surface area contributed by atoms with Crippen molar-refractivity contribution in [2.24, 2.45) is 0 Å². The van der Waals surface area contributed by atoms with Crippen molar-refractivity contribution in [3.63, 3.8) is 0 Å². The van der Waals surface area contributed by atoms with E-state index in [1.807, 2.05) is 4.90 Å². The Labute approximate surface area is 162 Å². The third kappa shape index (κ3) is 4.04. The second-order valence-electron chi connectivity index (χ2n) is 7.86. The van der Waals surface area contributed by atoms with Gasteiger partial charge in [0.25, 0.3) is 0 Å². The fraction of sp³-hybridized carbons (Fsp3) is 0.650. The van der Waals surface area contributed by atoms with E-state index < -0.39 is 11.7 Å². The lowest BCUT2D eigenvalue weighted by molar-refractivity contribution is -0.143. The van der Waals surface area contributed by atoms with Crippen molar-refractivity contribution in [1.82, 2.24) is 15.1 Å². The summed E-state index contributed by atoms with van der Waals surface area (Å²) in [5, 5.41) is 3.46. The number of piperazine rings is 1. The maximum Gasteiger partial charge on any atom is 0.416 e. The molecule has 4 rings (SSSR count). The number of nitrogens with zero attached hydrogens (tertiary/aromatic N) is 2. The van der Waals surface area contributed by atoms with Crippen molar-refractivity contribution >= 4 is 5.91 Å². The zero-order valence-electron chi connectivity index (χ0n) is 15.8. The van der Waals surface area contributed by atoms with Crippen molar-refractivity contribution in [3.8, 4) is 0 Å². The van der Waals surface area contributed by atoms with Gasteiger partial charge in [0.1, 0.15) is 0 Å². The lowest BCUT2D eigenvalue weighted by Crippen LogP contribution is -2.70. The molecule has 1 aromatic carbocycles. The summed E-state index contributed by atoms with van der Waals surface area (Å²) >= 11 is 0. The maximum absolute atomic E-state index is 13.1. The zero-order chi connectivity index (χ0) is 19.7. The largest absolute Gasteiger partial charge is 0.416 e. The Bertz CT molecular complexity index is 704. The Balaban J connectivity index is 1.52. The van der Waals surface area contributed by atoms with Crippen LogP contribution in [0.3, 0.4) is 0 Å². The monoisotopic (exact) mass is 397 g/mol. The molecule has 1 amide bonds. The maximum atomic E-state index is 13.1. The summed E-state index contributed by atoms with van der Waals surface area (Å²) in [5.74, 6) is -0.109. The summed E-state index contributed by atoms with van der Waals surface area (Å²) in [5.41, 5.74) is -0.309. The molecule has 3 fully saturated rings. The first-order valence-electron chi connectivity index (χ1n) is 9.94. The number of fused-ring (bicyclic) bond motifs is 1. The standard InChI is InChI=1S/C20H26F3N3O2/c21-20(22,23)15-5-3-4-14(10-15)11-18(27)26-9-6-24-16-12-28-13-17(19(16)26)25-7-1-2-8-25/h3-5,10,16-17,19,24H,1-2,6-9,11-13H2/t16-,17?,19+/m1/s1. The van der Waals surface area contributed by atoms with Gasteiger partial charge < -0.3 is 15.0 Å². The molecular formula is C20H26F3N3O2. The van der Waals surface area contributed by atoms with Gasteiger partial charge in [0.05, 0.1) is 43.3 Å². The van der Waals surface area contributed by atoms with Gasteiger partial charge in [-0.1, -0.05) is 18.2 Å². The summed E-state index contributed by atoms with van der Waals surface area (Å²) in [7, 11) is 0. The van der Waals surface area contributed by atoms with Crippen LogP contribution in [0.2, 0.25) is 0 Å². The van der Waals surface area contributed by atoms with Crippen molar-refractivity contribution in [2.45, 2.75) is 43.6 Å². The molecule has 0 bridgehead atoms. The van der Waals surface area contributed by atoms with Crippen LogP contribution in [-0.4, -0.2) is 73.2 Å². The fourth-order valence-electron chi connectivity index (χ4n) is 4.72. The third-order valence-corrected chi connectivity index (χ3v) is 6.05. The summed E-state index contributed by atoms with van der Waals surface area (Å²) in [6.07, 6.45) is -2.11. The Hall–Kier alpha value is -1.64. The van der Waals surface area contributed by atoms with Gasteiger partial charge in [-0.3, -0.25) is 9.69 Å². The molecule has 1 N–H and O–H groups in total. The number of benzene rings is 1. The normalized spacial score (nSPS) is 29.0. The molecule has 3 aliphatic heterocycles. The highest BCUT2D eigenvalue weighted by Crippen LogP contribution is 2.30. The lowest BCUT2D eigenvalue weighted by atomic mass is 9.92. The van der Waals surface area contributed by atoms with Crippen LogP contribution in [-0.2, 0) is 22.1 Å². The molecule has 154 valence electrons. The van der Waals surface area contributed by atoms with E-state index in [9.17, 15) is 18.0 Å². The number of ether oxygens (including phenoxy) is 1. The first-order valence-corrected chi connectivity index (χ1v) is 9.94. The van der Waals surface area contributed by atoms with Crippen LogP contribution in [0.5, 0.6) is 0 Å². The molecule has 0 aromatic heterocycles. The smallest absolute Gasteiger partial charge is 0.378 e. The van der Waals surface area contributed by atoms with Crippen LogP contribution < -0.4 is 5.32 Å². The minimum Gasteiger partial charge on any atom is -0.378 e. The number of nitrogens with one attached hydrogen (secondary N) is 1. The third-order valence-electron chi connectivity index (χ3n) is 6.05. The van der Waals surface area contributed by atoms with Crippen LogP contribution in [0.4, 0.5) is 13.2 Å². The van der Waals surface area contributed by atoms with E-state index in [-0.39, 0.29) is 30.5 Å². The predicted octanol–water partition coefficient (Wildman–Crippen LogP) is 1.91. The van der Waals surface area contributed by atoms with E-state index in [2.05, 4.69) is 10.2 Å². The Morgan fingerprint density at radius 2 is 1.96 bits per heavy atom. The summed E-state index contributed by atoms with van der Waals surface area (Å²) in [6, 6.07) is 5.29. The molecule has 0 saturated carbocycles. The van der Waals surface area contributed by atoms with E-state index in [4.69, 9.17) is 4.74 Å². The minimum atomic E-state index is -4.40. The van der Waals surface area contributed by atoms with Crippen LogP contribution >= 0.6 is 0 Å². The number of hydrogen-bond acceptors (Lipinski definition) is 4. The van der Waals surface area contributed by atoms with Crippen LogP contribution in [0, 0.1) is 0 Å². The molecule has 0 spiro atoms. The lowest BCUT2D eigenvalue weighted by Gasteiger charge is -2.50. The summed E-state index contributed by atoms with van der Waals surface area (Å²) < 4.78 is 44.7. The number of amides is 1. The van der Waals surface area contributed by atoms with Gasteiger partial charge in [-0.25, -0.2) is 0 Å². The molecule has 3 heterocycles. The molecule has 3 aliphatic rings. The Kier molecular flexibility index (Phi) is 5.62. The van der Waals surface area contributed by atoms with E-state index in [0.29, 0.717) is 31.9 Å². The average Bonchev–Trinajstić information content (AvgIpc) is 3.21. The quantitative estimate of drug-likeness (QED) is 0.847. The van der Waals surface area contributed by atoms with Crippen LogP contribution in [0.1, 0.15) is 24.0 Å². The predicted molar refractivity (Wildman–Crippen MR) is 97.9 cm³/mol. The van der Waals surface area contributed by atoms with Crippen molar-refractivity contribution in [1.29, 1.82) is 0 Å². The van der Waals surface area contributed by atoms with E-state index >= 15 is 0 Å². The molecule has 3 atom stereocenters. The number of hydrogen-bond donors (Lipinski definition) is 1. The molecule has 5 nitrogen and oxygen atoms in total. The van der Waals surface area contributed by atoms with Gasteiger partial charge in [-0.05, 0) is 37.6 Å². The number of alkyl halides is 3. The topological polar surface area (TPSA) is 44.8 Å². The molecule has 0 aliphatic carbocycles. The number of likely N-dealkylation sites (tertiary alicyclic amines) is 1. The molecule has 0 radical (unpaired) electrons. The second-order valence-corrected chi connectivity index (χ2v) is 7.86. The second kappa shape index (κ2) is 8.00. The summed E-state index contributed by atoms with van der Waals surface area (Å²) in [6.45, 7) is 4.41. The molecule has 1 unspecified atom stereocenters. The van der Waals surface area contributed by atoms with E-state index in [0.717, 1.165) is 38.1 Å². The number of carbonyl (C=O) groups is 1. The highest BCUT2D eigenvalue weighted by Gasteiger charge is 2.45. The fourth-order valence-corrected chi connectivity index (χ4v) is 4.72. The first-order chi connectivity index (χ1) is 13.4. The van der Waals surface area contributed by atoms with Gasteiger partial charge in [0, 0.05) is 13.1 Å². The zero-order valence-corrected chi connectivity index (χ0v) is 15.8. The van der Waals surface area contributed by atoms with Crippen molar-refractivity contribution in [3.05, 3.63) is 35.4 Å². The molecule has 28 heavy (non-hydrogen) atoms. The summed E-state index contributed by atoms with van der Waals surface area (Å²) in [4.78, 5) is 17.4. The van der Waals surface area contributed by atoms with Gasteiger partial charge >= 0.3 is 6.18 Å². The minimum absolute atomic E-state index is 0.00102. The SMILES string of the molecule is O=C(Cc1cccc(C(F)(F)F)c1)N1CCN[C@@H]2COCC(N3CCCC3)[C@H]21. The molecular weight excluding hydrogens is 371 g/mol. The molecule has 1 aromatic rings. The molecule has 8 heteroatoms. The molecule has 3 saturated heterocycles. The van der Waals surface area contributed by atoms with Gasteiger partial charge in [0.15, 0.2) is 0 Å². The number of carbonyl (C=O) groups excluding carboxylic acids is 1. The van der Waals surface area contributed by atoms with Gasteiger partial charge in [-0.15, -0.1) is 0 Å². The highest BCUT2D eigenvalue weighted by atomic mass is 19.4. The van der Waals surface area contributed by atoms with Gasteiger partial charge in [-0.2, -0.15) is 13.2 Å². The van der Waals surface area contributed by atoms with E-state index in [1.165, 1.54) is 6.07 Å². The van der Waals surface area contributed by atoms with E-state index in [1.54, 1.807) is 6.07 Å². The Morgan fingerprint density at radius 3 is 2.71 bits per heavy atom.